The number of piperidine rings is 1. The van der Waals surface area contributed by atoms with E-state index < -0.39 is 0 Å². The van der Waals surface area contributed by atoms with Crippen LogP contribution in [0.25, 0.3) is 10.2 Å². The van der Waals surface area contributed by atoms with Crippen molar-refractivity contribution < 1.29 is 4.79 Å². The van der Waals surface area contributed by atoms with E-state index in [0.29, 0.717) is 15.9 Å². The SMILES string of the molecule is CCC1CCCCN1C(=O)Cn1c(SC)nc2ccsc2c1=O. The lowest BCUT2D eigenvalue weighted by molar-refractivity contribution is -0.135. The third-order valence-corrected chi connectivity index (χ3v) is 5.99. The van der Waals surface area contributed by atoms with Crippen LogP contribution in [0.4, 0.5) is 0 Å². The van der Waals surface area contributed by atoms with Gasteiger partial charge < -0.3 is 4.90 Å². The average Bonchev–Trinajstić information content (AvgIpc) is 3.05. The first-order chi connectivity index (χ1) is 11.2. The number of carbonyl (C=O) groups excluding carboxylic acids is 1. The first kappa shape index (κ1) is 16.5. The molecule has 1 unspecified atom stereocenters. The van der Waals surface area contributed by atoms with Gasteiger partial charge in [0, 0.05) is 12.6 Å². The highest BCUT2D eigenvalue weighted by Gasteiger charge is 2.26. The number of hydrogen-bond donors (Lipinski definition) is 0. The molecule has 0 radical (unpaired) electrons. The van der Waals surface area contributed by atoms with Crippen LogP contribution in [0.2, 0.25) is 0 Å². The van der Waals surface area contributed by atoms with Gasteiger partial charge in [0.2, 0.25) is 5.91 Å². The Bertz CT molecular complexity index is 768. The maximum absolute atomic E-state index is 12.8. The quantitative estimate of drug-likeness (QED) is 0.628. The molecule has 3 heterocycles. The van der Waals surface area contributed by atoms with Gasteiger partial charge in [-0.3, -0.25) is 14.2 Å². The number of carbonyl (C=O) groups is 1. The van der Waals surface area contributed by atoms with E-state index in [1.807, 2.05) is 22.6 Å². The van der Waals surface area contributed by atoms with E-state index in [9.17, 15) is 9.59 Å². The lowest BCUT2D eigenvalue weighted by Gasteiger charge is -2.35. The Kier molecular flexibility index (Phi) is 5.06. The zero-order valence-corrected chi connectivity index (χ0v) is 15.1. The number of hydrogen-bond acceptors (Lipinski definition) is 5. The molecule has 0 bridgehead atoms. The first-order valence-corrected chi connectivity index (χ1v) is 10.1. The number of thiophene rings is 1. The zero-order chi connectivity index (χ0) is 16.4. The van der Waals surface area contributed by atoms with Gasteiger partial charge in [-0.25, -0.2) is 4.98 Å². The molecule has 1 saturated heterocycles. The molecule has 1 aliphatic heterocycles. The highest BCUT2D eigenvalue weighted by atomic mass is 32.2. The summed E-state index contributed by atoms with van der Waals surface area (Å²) in [6.45, 7) is 3.01. The van der Waals surface area contributed by atoms with Gasteiger partial charge in [-0.2, -0.15) is 0 Å². The van der Waals surface area contributed by atoms with Crippen LogP contribution >= 0.6 is 23.1 Å². The van der Waals surface area contributed by atoms with Gasteiger partial charge in [-0.15, -0.1) is 11.3 Å². The normalized spacial score (nSPS) is 18.5. The summed E-state index contributed by atoms with van der Waals surface area (Å²) in [5, 5.41) is 2.48. The van der Waals surface area contributed by atoms with Crippen LogP contribution in [-0.4, -0.2) is 39.2 Å². The standard InChI is InChI=1S/C16H21N3O2S2/c1-3-11-6-4-5-8-18(11)13(20)10-19-15(21)14-12(7-9-23-14)17-16(19)22-2/h7,9,11H,3-6,8,10H2,1-2H3. The Morgan fingerprint density at radius 3 is 3.04 bits per heavy atom. The molecule has 1 fully saturated rings. The minimum atomic E-state index is -0.104. The molecular formula is C16H21N3O2S2. The van der Waals surface area contributed by atoms with Crippen LogP contribution in [-0.2, 0) is 11.3 Å². The molecule has 23 heavy (non-hydrogen) atoms. The molecule has 2 aromatic heterocycles. The average molecular weight is 351 g/mol. The maximum atomic E-state index is 12.8. The van der Waals surface area contributed by atoms with Gasteiger partial charge in [-0.05, 0) is 43.4 Å². The Balaban J connectivity index is 1.92. The van der Waals surface area contributed by atoms with E-state index in [1.54, 1.807) is 0 Å². The number of aromatic nitrogens is 2. The van der Waals surface area contributed by atoms with Gasteiger partial charge in [0.05, 0.1) is 5.52 Å². The molecule has 0 saturated carbocycles. The van der Waals surface area contributed by atoms with E-state index in [1.165, 1.54) is 34.1 Å². The summed E-state index contributed by atoms with van der Waals surface area (Å²) in [7, 11) is 0. The summed E-state index contributed by atoms with van der Waals surface area (Å²) in [5.74, 6) is 0.0339. The maximum Gasteiger partial charge on any atom is 0.272 e. The van der Waals surface area contributed by atoms with Crippen LogP contribution in [0.1, 0.15) is 32.6 Å². The molecule has 2 aromatic rings. The number of rotatable bonds is 4. The molecule has 0 N–H and O–H groups in total. The fourth-order valence-corrected chi connectivity index (χ4v) is 4.53. The summed E-state index contributed by atoms with van der Waals surface area (Å²) < 4.78 is 2.16. The molecule has 1 aliphatic rings. The van der Waals surface area contributed by atoms with E-state index >= 15 is 0 Å². The number of nitrogens with zero attached hydrogens (tertiary/aromatic N) is 3. The Morgan fingerprint density at radius 2 is 2.30 bits per heavy atom. The minimum absolute atomic E-state index is 0.0339. The van der Waals surface area contributed by atoms with Crippen molar-refractivity contribution in [1.82, 2.24) is 14.5 Å². The lowest BCUT2D eigenvalue weighted by Crippen LogP contribution is -2.46. The van der Waals surface area contributed by atoms with Crippen molar-refractivity contribution in [2.24, 2.45) is 0 Å². The monoisotopic (exact) mass is 351 g/mol. The van der Waals surface area contributed by atoms with Crippen molar-refractivity contribution in [2.75, 3.05) is 12.8 Å². The molecule has 7 heteroatoms. The number of fused-ring (bicyclic) bond motifs is 1. The van der Waals surface area contributed by atoms with Crippen molar-refractivity contribution >= 4 is 39.2 Å². The van der Waals surface area contributed by atoms with E-state index in [-0.39, 0.29) is 18.0 Å². The van der Waals surface area contributed by atoms with Gasteiger partial charge in [0.1, 0.15) is 11.2 Å². The number of likely N-dealkylation sites (tertiary alicyclic amines) is 1. The minimum Gasteiger partial charge on any atom is -0.338 e. The van der Waals surface area contributed by atoms with Gasteiger partial charge in [0.25, 0.3) is 5.56 Å². The molecular weight excluding hydrogens is 330 g/mol. The topological polar surface area (TPSA) is 55.2 Å². The third kappa shape index (κ3) is 3.17. The Labute approximate surface area is 143 Å². The van der Waals surface area contributed by atoms with E-state index in [0.717, 1.165) is 31.3 Å². The van der Waals surface area contributed by atoms with Gasteiger partial charge >= 0.3 is 0 Å². The summed E-state index contributed by atoms with van der Waals surface area (Å²) >= 11 is 2.79. The second-order valence-electron chi connectivity index (χ2n) is 5.77. The molecule has 3 rings (SSSR count). The second-order valence-corrected chi connectivity index (χ2v) is 7.46. The fourth-order valence-electron chi connectivity index (χ4n) is 3.20. The molecule has 1 atom stereocenters. The van der Waals surface area contributed by atoms with Crippen LogP contribution in [0, 0.1) is 0 Å². The van der Waals surface area contributed by atoms with Crippen LogP contribution in [0.15, 0.2) is 21.4 Å². The molecule has 0 aromatic carbocycles. The first-order valence-electron chi connectivity index (χ1n) is 7.97. The van der Waals surface area contributed by atoms with Crippen molar-refractivity contribution in [2.45, 2.75) is 50.4 Å². The van der Waals surface area contributed by atoms with Crippen molar-refractivity contribution in [3.63, 3.8) is 0 Å². The number of thioether (sulfide) groups is 1. The van der Waals surface area contributed by atoms with Crippen molar-refractivity contribution in [1.29, 1.82) is 0 Å². The second kappa shape index (κ2) is 7.05. The largest absolute Gasteiger partial charge is 0.338 e. The third-order valence-electron chi connectivity index (χ3n) is 4.43. The predicted octanol–water partition coefficient (Wildman–Crippen LogP) is 2.97. The fraction of sp³-hybridized carbons (Fsp3) is 0.562. The van der Waals surface area contributed by atoms with E-state index in [4.69, 9.17) is 0 Å². The zero-order valence-electron chi connectivity index (χ0n) is 13.4. The van der Waals surface area contributed by atoms with Crippen LogP contribution < -0.4 is 5.56 Å². The Morgan fingerprint density at radius 1 is 1.48 bits per heavy atom. The van der Waals surface area contributed by atoms with Crippen molar-refractivity contribution in [3.8, 4) is 0 Å². The molecule has 0 spiro atoms. The summed E-state index contributed by atoms with van der Waals surface area (Å²) in [5.41, 5.74) is 0.616. The molecule has 5 nitrogen and oxygen atoms in total. The van der Waals surface area contributed by atoms with Crippen molar-refractivity contribution in [3.05, 3.63) is 21.8 Å². The number of amides is 1. The molecule has 0 aliphatic carbocycles. The highest BCUT2D eigenvalue weighted by Crippen LogP contribution is 2.22. The summed E-state index contributed by atoms with van der Waals surface area (Å²) in [4.78, 5) is 31.9. The van der Waals surface area contributed by atoms with Gasteiger partial charge in [-0.1, -0.05) is 18.7 Å². The molecule has 124 valence electrons. The predicted molar refractivity (Wildman–Crippen MR) is 95.3 cm³/mol. The Hall–Kier alpha value is -1.34. The lowest BCUT2D eigenvalue weighted by atomic mass is 10.00. The van der Waals surface area contributed by atoms with E-state index in [2.05, 4.69) is 11.9 Å². The smallest absolute Gasteiger partial charge is 0.272 e. The van der Waals surface area contributed by atoms with Gasteiger partial charge in [0.15, 0.2) is 5.16 Å². The summed E-state index contributed by atoms with van der Waals surface area (Å²) in [6, 6.07) is 2.16. The van der Waals surface area contributed by atoms with Crippen LogP contribution in [0.5, 0.6) is 0 Å². The molecule has 1 amide bonds. The summed E-state index contributed by atoms with van der Waals surface area (Å²) in [6.07, 6.45) is 6.15. The highest BCUT2D eigenvalue weighted by molar-refractivity contribution is 7.98. The van der Waals surface area contributed by atoms with Crippen LogP contribution in [0.3, 0.4) is 0 Å².